The summed E-state index contributed by atoms with van der Waals surface area (Å²) in [5.41, 5.74) is 7.62. The molecule has 1 radical (unpaired) electrons. The average Bonchev–Trinajstić information content (AvgIpc) is 3.48. The van der Waals surface area contributed by atoms with Gasteiger partial charge in [-0.3, -0.25) is 15.1 Å². The van der Waals surface area contributed by atoms with Gasteiger partial charge >= 0.3 is 0 Å². The minimum absolute atomic E-state index is 0. The normalized spacial score (nSPS) is 10.6. The molecule has 0 aliphatic carbocycles. The Hall–Kier alpha value is -6.03. The van der Waals surface area contributed by atoms with Gasteiger partial charge in [-0.05, 0) is 59.4 Å². The largest absolute Gasteiger partial charge is 0.351 e. The fraction of sp³-hybridized carbons (Fsp3) is 0.0270. The number of rotatable bonds is 5. The molecule has 4 heterocycles. The van der Waals surface area contributed by atoms with Crippen molar-refractivity contribution in [3.8, 4) is 39.9 Å². The van der Waals surface area contributed by atoms with E-state index >= 15 is 0 Å². The number of nitro benzene ring substituents is 1. The van der Waals surface area contributed by atoms with Crippen molar-refractivity contribution in [2.24, 2.45) is 0 Å². The Bertz CT molecular complexity index is 2310. The van der Waals surface area contributed by atoms with Gasteiger partial charge in [0, 0.05) is 48.6 Å². The van der Waals surface area contributed by atoms with Gasteiger partial charge in [0.05, 0.1) is 0 Å². The van der Waals surface area contributed by atoms with E-state index in [4.69, 9.17) is 0 Å². The molecule has 0 spiro atoms. The number of aryl methyl sites for hydroxylation is 1. The van der Waals surface area contributed by atoms with Crippen LogP contribution < -0.4 is 0 Å². The molecule has 0 fully saturated rings. The molecule has 0 atom stereocenters. The molecule has 11 heteroatoms. The zero-order valence-electron chi connectivity index (χ0n) is 25.4. The van der Waals surface area contributed by atoms with E-state index in [1.54, 1.807) is 18.3 Å². The molecule has 48 heavy (non-hydrogen) atoms. The standard InChI is InChI=1S/C24H17N2.C13H7N6O2.Ir/c1-17-14-15-22(25-16-17)21-12-7-11-20-19-10-5-6-13-23(19)26(24(20)21)18-8-3-2-4-9-18;20-19(21)10-6-4-9(5-7-10)12-15-17-13(18-16-12)11-3-1-2-8-14-11;/h2-11,13-16H,1H3;1-4,6-8H;/q2*-1;. The molecular formula is C37H24IrN8O2-2. The molecule has 4 aromatic heterocycles. The van der Waals surface area contributed by atoms with Crippen LogP contribution in [-0.2, 0) is 20.1 Å². The van der Waals surface area contributed by atoms with E-state index in [-0.39, 0.29) is 31.6 Å². The predicted octanol–water partition coefficient (Wildman–Crippen LogP) is 7.66. The minimum Gasteiger partial charge on any atom is -0.351 e. The summed E-state index contributed by atoms with van der Waals surface area (Å²) in [6.07, 6.45) is 3.54. The Labute approximate surface area is 288 Å². The second-order valence-electron chi connectivity index (χ2n) is 10.5. The van der Waals surface area contributed by atoms with Crippen LogP contribution in [0, 0.1) is 29.2 Å². The second-order valence-corrected chi connectivity index (χ2v) is 10.5. The molecule has 0 aliphatic rings. The van der Waals surface area contributed by atoms with Gasteiger partial charge in [0.15, 0.2) is 5.69 Å². The van der Waals surface area contributed by atoms with E-state index in [9.17, 15) is 10.1 Å². The first-order valence-electron chi connectivity index (χ1n) is 14.6. The van der Waals surface area contributed by atoms with Gasteiger partial charge in [0.25, 0.3) is 0 Å². The maximum Gasteiger partial charge on any atom is 0.220 e. The number of hydrogen-bond acceptors (Lipinski definition) is 8. The van der Waals surface area contributed by atoms with E-state index in [0.29, 0.717) is 17.1 Å². The van der Waals surface area contributed by atoms with Gasteiger partial charge in [-0.25, -0.2) is 0 Å². The van der Waals surface area contributed by atoms with Gasteiger partial charge in [0.1, 0.15) is 11.5 Å². The van der Waals surface area contributed by atoms with Crippen LogP contribution in [0.1, 0.15) is 5.56 Å². The van der Waals surface area contributed by atoms with Crippen molar-refractivity contribution in [3.05, 3.63) is 155 Å². The molecule has 0 aliphatic heterocycles. The fourth-order valence-electron chi connectivity index (χ4n) is 5.22. The second kappa shape index (κ2) is 14.2. The number of pyridine rings is 2. The van der Waals surface area contributed by atoms with Crippen LogP contribution >= 0.6 is 0 Å². The van der Waals surface area contributed by atoms with Crippen LogP contribution in [0.3, 0.4) is 0 Å². The smallest absolute Gasteiger partial charge is 0.220 e. The third-order valence-electron chi connectivity index (χ3n) is 7.43. The molecule has 0 N–H and O–H groups in total. The SMILES string of the molecule is Cc1ccc(-c2[c-]ccc3c4ccccc4n(-c4ccccc4)c23)nc1.O=[N+]([O-])c1c[c-]c(-c2nnc(-c3ccccn3)nn2)cc1.[Ir]. The molecule has 0 saturated heterocycles. The van der Waals surface area contributed by atoms with Crippen molar-refractivity contribution < 1.29 is 25.0 Å². The molecule has 0 unspecified atom stereocenters. The number of non-ortho nitro benzene ring substituents is 1. The summed E-state index contributed by atoms with van der Waals surface area (Å²) >= 11 is 0. The van der Waals surface area contributed by atoms with Gasteiger partial charge in [-0.15, -0.1) is 51.7 Å². The molecular weight excluding hydrogens is 781 g/mol. The summed E-state index contributed by atoms with van der Waals surface area (Å²) in [5, 5.41) is 28.8. The molecule has 4 aromatic carbocycles. The Balaban J connectivity index is 0.000000168. The van der Waals surface area contributed by atoms with Gasteiger partial charge in [0.2, 0.25) is 5.82 Å². The van der Waals surface area contributed by atoms with Crippen LogP contribution in [0.5, 0.6) is 0 Å². The summed E-state index contributed by atoms with van der Waals surface area (Å²) in [5.74, 6) is 0.547. The summed E-state index contributed by atoms with van der Waals surface area (Å²) in [7, 11) is 0. The Morgan fingerprint density at radius 2 is 1.46 bits per heavy atom. The zero-order valence-corrected chi connectivity index (χ0v) is 27.7. The van der Waals surface area contributed by atoms with Crippen molar-refractivity contribution in [2.75, 3.05) is 0 Å². The van der Waals surface area contributed by atoms with Crippen LogP contribution in [0.15, 0.2) is 128 Å². The summed E-state index contributed by atoms with van der Waals surface area (Å²) in [6, 6.07) is 43.0. The van der Waals surface area contributed by atoms with E-state index in [0.717, 1.165) is 28.0 Å². The van der Waals surface area contributed by atoms with Crippen LogP contribution in [0.4, 0.5) is 5.69 Å². The quantitative estimate of drug-likeness (QED) is 0.0988. The maximum atomic E-state index is 10.6. The Kier molecular flexibility index (Phi) is 9.42. The van der Waals surface area contributed by atoms with E-state index < -0.39 is 4.92 Å². The first kappa shape index (κ1) is 31.9. The monoisotopic (exact) mass is 805 g/mol. The average molecular weight is 805 g/mol. The number of nitrogens with zero attached hydrogens (tertiary/aromatic N) is 8. The Morgan fingerprint density at radius 3 is 2.15 bits per heavy atom. The predicted molar refractivity (Wildman–Crippen MR) is 179 cm³/mol. The number of hydrogen-bond donors (Lipinski definition) is 0. The third-order valence-corrected chi connectivity index (χ3v) is 7.43. The molecule has 0 amide bonds. The molecule has 0 bridgehead atoms. The van der Waals surface area contributed by atoms with Gasteiger partial charge in [-0.2, -0.15) is 10.2 Å². The number of nitro groups is 1. The third kappa shape index (κ3) is 6.46. The van der Waals surface area contributed by atoms with Gasteiger partial charge < -0.3 is 9.55 Å². The van der Waals surface area contributed by atoms with E-state index in [1.165, 1.54) is 34.5 Å². The first-order chi connectivity index (χ1) is 23.1. The van der Waals surface area contributed by atoms with Crippen LogP contribution in [0.25, 0.3) is 61.7 Å². The first-order valence-corrected chi connectivity index (χ1v) is 14.6. The topological polar surface area (TPSA) is 125 Å². The fourth-order valence-corrected chi connectivity index (χ4v) is 5.22. The van der Waals surface area contributed by atoms with Crippen LogP contribution in [0.2, 0.25) is 0 Å². The van der Waals surface area contributed by atoms with Gasteiger partial charge in [-0.1, -0.05) is 72.1 Å². The van der Waals surface area contributed by atoms with Crippen molar-refractivity contribution in [1.82, 2.24) is 34.9 Å². The van der Waals surface area contributed by atoms with Crippen LogP contribution in [-0.4, -0.2) is 39.9 Å². The molecule has 235 valence electrons. The number of para-hydroxylation sites is 2. The Morgan fingerprint density at radius 1 is 0.708 bits per heavy atom. The number of fused-ring (bicyclic) bond motifs is 3. The summed E-state index contributed by atoms with van der Waals surface area (Å²) in [4.78, 5) is 18.8. The summed E-state index contributed by atoms with van der Waals surface area (Å²) in [6.45, 7) is 2.06. The van der Waals surface area contributed by atoms with E-state index in [2.05, 4.69) is 121 Å². The molecule has 10 nitrogen and oxygen atoms in total. The zero-order chi connectivity index (χ0) is 32.2. The summed E-state index contributed by atoms with van der Waals surface area (Å²) < 4.78 is 2.32. The maximum absolute atomic E-state index is 10.6. The van der Waals surface area contributed by atoms with E-state index in [1.807, 2.05) is 24.4 Å². The molecule has 8 aromatic rings. The minimum atomic E-state index is -0.498. The number of aromatic nitrogens is 7. The number of benzene rings is 4. The molecule has 8 rings (SSSR count). The van der Waals surface area contributed by atoms with Crippen molar-refractivity contribution in [1.29, 1.82) is 0 Å². The van der Waals surface area contributed by atoms with Crippen molar-refractivity contribution >= 4 is 27.5 Å². The van der Waals surface area contributed by atoms with Crippen molar-refractivity contribution in [2.45, 2.75) is 6.92 Å². The molecule has 0 saturated carbocycles. The van der Waals surface area contributed by atoms with Crippen molar-refractivity contribution in [3.63, 3.8) is 0 Å².